The second-order valence-electron chi connectivity index (χ2n) is 6.01. The molecule has 0 bridgehead atoms. The van der Waals surface area contributed by atoms with Gasteiger partial charge in [-0.1, -0.05) is 47.0 Å². The topological polar surface area (TPSA) is 35.0 Å². The van der Waals surface area contributed by atoms with Crippen LogP contribution in [0.2, 0.25) is 0 Å². The molecule has 1 heterocycles. The third-order valence-corrected chi connectivity index (χ3v) is 2.60. The Morgan fingerprint density at radius 2 is 1.89 bits per heavy atom. The fourth-order valence-corrected chi connectivity index (χ4v) is 1.60. The highest BCUT2D eigenvalue weighted by atomic mass is 16.5. The maximum Gasteiger partial charge on any atom is 0.232 e. The van der Waals surface area contributed by atoms with Crippen LogP contribution in [-0.4, -0.2) is 16.6 Å². The van der Waals surface area contributed by atoms with E-state index in [0.717, 1.165) is 12.1 Å². The molecule has 102 valence electrons. The highest BCUT2D eigenvalue weighted by molar-refractivity contribution is 5.08. The Morgan fingerprint density at radius 3 is 2.56 bits per heavy atom. The number of nitrogens with zero attached hydrogens (tertiary/aromatic N) is 2. The minimum absolute atomic E-state index is 0.152. The van der Waals surface area contributed by atoms with Crippen molar-refractivity contribution in [3.63, 3.8) is 0 Å². The number of ether oxygens (including phenoxy) is 1. The van der Waals surface area contributed by atoms with Crippen LogP contribution in [0.15, 0.2) is 12.4 Å². The van der Waals surface area contributed by atoms with Crippen molar-refractivity contribution in [2.75, 3.05) is 6.61 Å². The van der Waals surface area contributed by atoms with Gasteiger partial charge in [0.25, 0.3) is 0 Å². The molecule has 0 aliphatic carbocycles. The Hall–Kier alpha value is -1.12. The van der Waals surface area contributed by atoms with Crippen molar-refractivity contribution < 1.29 is 4.74 Å². The van der Waals surface area contributed by atoms with Crippen LogP contribution in [0.4, 0.5) is 0 Å². The quantitative estimate of drug-likeness (QED) is 0.685. The Kier molecular flexibility index (Phi) is 6.10. The van der Waals surface area contributed by atoms with Crippen LogP contribution in [0.25, 0.3) is 0 Å². The molecule has 0 aromatic carbocycles. The lowest BCUT2D eigenvalue weighted by molar-refractivity contribution is 0.190. The smallest absolute Gasteiger partial charge is 0.232 e. The second kappa shape index (κ2) is 7.34. The van der Waals surface area contributed by atoms with Gasteiger partial charge in [0.05, 0.1) is 18.5 Å². The van der Waals surface area contributed by atoms with E-state index in [0.29, 0.717) is 12.5 Å². The van der Waals surface area contributed by atoms with Gasteiger partial charge >= 0.3 is 0 Å². The highest BCUT2D eigenvalue weighted by Gasteiger charge is 2.11. The normalized spacial score (nSPS) is 11.6. The number of unbranched alkanes of at least 4 members (excludes halogenated alkanes) is 3. The SMILES string of the molecule is CCCCCCc1cncc(OCC(C)(C)C)n1. The number of hydrogen-bond acceptors (Lipinski definition) is 3. The molecule has 0 atom stereocenters. The van der Waals surface area contributed by atoms with Gasteiger partial charge in [-0.2, -0.15) is 0 Å². The third kappa shape index (κ3) is 6.58. The molecule has 0 saturated heterocycles. The van der Waals surface area contributed by atoms with Crippen molar-refractivity contribution >= 4 is 0 Å². The van der Waals surface area contributed by atoms with Gasteiger partial charge in [0.2, 0.25) is 5.88 Å². The predicted octanol–water partition coefficient (Wildman–Crippen LogP) is 4.02. The maximum atomic E-state index is 5.66. The molecule has 0 fully saturated rings. The van der Waals surface area contributed by atoms with Gasteiger partial charge in [-0.25, -0.2) is 4.98 Å². The van der Waals surface area contributed by atoms with Crippen molar-refractivity contribution in [3.8, 4) is 5.88 Å². The number of aryl methyl sites for hydroxylation is 1. The van der Waals surface area contributed by atoms with E-state index in [2.05, 4.69) is 37.7 Å². The molecule has 0 N–H and O–H groups in total. The predicted molar refractivity (Wildman–Crippen MR) is 74.8 cm³/mol. The summed E-state index contributed by atoms with van der Waals surface area (Å²) in [6, 6.07) is 0. The fraction of sp³-hybridized carbons (Fsp3) is 0.733. The lowest BCUT2D eigenvalue weighted by atomic mass is 9.99. The minimum atomic E-state index is 0.152. The first kappa shape index (κ1) is 14.9. The third-order valence-electron chi connectivity index (χ3n) is 2.60. The van der Waals surface area contributed by atoms with E-state index in [-0.39, 0.29) is 5.41 Å². The van der Waals surface area contributed by atoms with Crippen LogP contribution in [-0.2, 0) is 6.42 Å². The number of hydrogen-bond donors (Lipinski definition) is 0. The van der Waals surface area contributed by atoms with E-state index in [9.17, 15) is 0 Å². The average Bonchev–Trinajstić information content (AvgIpc) is 2.32. The zero-order chi connectivity index (χ0) is 13.4. The Balaban J connectivity index is 2.41. The number of rotatable bonds is 7. The molecule has 0 spiro atoms. The second-order valence-corrected chi connectivity index (χ2v) is 6.01. The molecule has 1 aromatic heterocycles. The maximum absolute atomic E-state index is 5.66. The van der Waals surface area contributed by atoms with Crippen LogP contribution in [0.1, 0.15) is 59.1 Å². The summed E-state index contributed by atoms with van der Waals surface area (Å²) in [5.74, 6) is 0.651. The molecule has 18 heavy (non-hydrogen) atoms. The van der Waals surface area contributed by atoms with Crippen LogP contribution < -0.4 is 4.74 Å². The molecular formula is C15H26N2O. The molecular weight excluding hydrogens is 224 g/mol. The lowest BCUT2D eigenvalue weighted by Crippen LogP contribution is -2.17. The lowest BCUT2D eigenvalue weighted by Gasteiger charge is -2.18. The van der Waals surface area contributed by atoms with Gasteiger partial charge < -0.3 is 4.74 Å². The Bertz CT molecular complexity index is 345. The van der Waals surface area contributed by atoms with Gasteiger partial charge in [0.15, 0.2) is 0 Å². The molecule has 0 aliphatic rings. The molecule has 3 nitrogen and oxygen atoms in total. The molecule has 0 saturated carbocycles. The number of aromatic nitrogens is 2. The van der Waals surface area contributed by atoms with Gasteiger partial charge in [-0.3, -0.25) is 4.98 Å². The van der Waals surface area contributed by atoms with Crippen molar-refractivity contribution in [1.82, 2.24) is 9.97 Å². The first-order valence-electron chi connectivity index (χ1n) is 6.95. The summed E-state index contributed by atoms with van der Waals surface area (Å²) in [6.45, 7) is 9.33. The minimum Gasteiger partial charge on any atom is -0.476 e. The molecule has 3 heteroatoms. The van der Waals surface area contributed by atoms with E-state index in [1.54, 1.807) is 6.20 Å². The zero-order valence-electron chi connectivity index (χ0n) is 12.2. The summed E-state index contributed by atoms with van der Waals surface area (Å²) in [6.07, 6.45) is 9.56. The van der Waals surface area contributed by atoms with E-state index in [1.165, 1.54) is 25.7 Å². The van der Waals surface area contributed by atoms with Gasteiger partial charge in [0, 0.05) is 6.20 Å². The van der Waals surface area contributed by atoms with Crippen molar-refractivity contribution in [1.29, 1.82) is 0 Å². The monoisotopic (exact) mass is 250 g/mol. The summed E-state index contributed by atoms with van der Waals surface area (Å²) >= 11 is 0. The van der Waals surface area contributed by atoms with E-state index < -0.39 is 0 Å². The van der Waals surface area contributed by atoms with Crippen LogP contribution in [0.3, 0.4) is 0 Å². The Labute approximate surface area is 111 Å². The first-order chi connectivity index (χ1) is 8.51. The molecule has 1 rings (SSSR count). The zero-order valence-corrected chi connectivity index (χ0v) is 12.2. The molecule has 0 unspecified atom stereocenters. The van der Waals surface area contributed by atoms with E-state index in [4.69, 9.17) is 4.74 Å². The van der Waals surface area contributed by atoms with Crippen molar-refractivity contribution in [2.24, 2.45) is 5.41 Å². The van der Waals surface area contributed by atoms with E-state index >= 15 is 0 Å². The van der Waals surface area contributed by atoms with Gasteiger partial charge in [-0.15, -0.1) is 0 Å². The van der Waals surface area contributed by atoms with Crippen LogP contribution >= 0.6 is 0 Å². The Morgan fingerprint density at radius 1 is 1.11 bits per heavy atom. The molecule has 0 amide bonds. The highest BCUT2D eigenvalue weighted by Crippen LogP contribution is 2.16. The summed E-state index contributed by atoms with van der Waals surface area (Å²) in [4.78, 5) is 8.69. The van der Waals surface area contributed by atoms with Gasteiger partial charge in [-0.05, 0) is 18.3 Å². The average molecular weight is 250 g/mol. The first-order valence-corrected chi connectivity index (χ1v) is 6.95. The standard InChI is InChI=1S/C15H26N2O/c1-5-6-7-8-9-13-10-16-11-14(17-13)18-12-15(2,3)4/h10-11H,5-9,12H2,1-4H3. The van der Waals surface area contributed by atoms with Crippen molar-refractivity contribution in [2.45, 2.75) is 59.8 Å². The molecule has 0 radical (unpaired) electrons. The summed E-state index contributed by atoms with van der Waals surface area (Å²) in [5.41, 5.74) is 1.19. The van der Waals surface area contributed by atoms with Crippen LogP contribution in [0, 0.1) is 5.41 Å². The summed E-state index contributed by atoms with van der Waals surface area (Å²) < 4.78 is 5.66. The van der Waals surface area contributed by atoms with Crippen molar-refractivity contribution in [3.05, 3.63) is 18.1 Å². The molecule has 0 aliphatic heterocycles. The van der Waals surface area contributed by atoms with E-state index in [1.807, 2.05) is 6.20 Å². The fourth-order valence-electron chi connectivity index (χ4n) is 1.60. The van der Waals surface area contributed by atoms with Crippen LogP contribution in [0.5, 0.6) is 5.88 Å². The summed E-state index contributed by atoms with van der Waals surface area (Å²) in [5, 5.41) is 0. The molecule has 1 aromatic rings. The van der Waals surface area contributed by atoms with Gasteiger partial charge in [0.1, 0.15) is 0 Å². The summed E-state index contributed by atoms with van der Waals surface area (Å²) in [7, 11) is 0. The largest absolute Gasteiger partial charge is 0.476 e.